The molecule has 112 valence electrons. The van der Waals surface area contributed by atoms with Gasteiger partial charge < -0.3 is 5.32 Å². The number of carbonyl (C=O) groups is 2. The first-order valence-electron chi connectivity index (χ1n) is 7.59. The van der Waals surface area contributed by atoms with Crippen molar-refractivity contribution in [3.63, 3.8) is 0 Å². The number of amides is 1. The van der Waals surface area contributed by atoms with Crippen LogP contribution < -0.4 is 5.32 Å². The second-order valence-corrected chi connectivity index (χ2v) is 5.88. The van der Waals surface area contributed by atoms with Gasteiger partial charge in [-0.2, -0.15) is 0 Å². The minimum Gasteiger partial charge on any atom is -0.326 e. The van der Waals surface area contributed by atoms with Crippen LogP contribution in [0.1, 0.15) is 34.0 Å². The number of hydrogen-bond donors (Lipinski definition) is 1. The Bertz CT molecular complexity index is 973. The zero-order valence-corrected chi connectivity index (χ0v) is 12.7. The van der Waals surface area contributed by atoms with E-state index in [2.05, 4.69) is 5.32 Å². The van der Waals surface area contributed by atoms with E-state index in [1.807, 2.05) is 54.6 Å². The molecule has 1 aliphatic carbocycles. The Morgan fingerprint density at radius 3 is 2.65 bits per heavy atom. The highest BCUT2D eigenvalue weighted by atomic mass is 16.1. The average Bonchev–Trinajstić information content (AvgIpc) is 2.54. The lowest BCUT2D eigenvalue weighted by Crippen LogP contribution is -2.15. The van der Waals surface area contributed by atoms with Crippen LogP contribution in [-0.4, -0.2) is 11.7 Å². The molecule has 3 nitrogen and oxygen atoms in total. The fourth-order valence-corrected chi connectivity index (χ4v) is 3.31. The largest absolute Gasteiger partial charge is 0.326 e. The van der Waals surface area contributed by atoms with Gasteiger partial charge >= 0.3 is 0 Å². The smallest absolute Gasteiger partial charge is 0.221 e. The number of fused-ring (bicyclic) bond motifs is 4. The number of anilines is 1. The molecular weight excluding hydrogens is 286 g/mol. The normalized spacial score (nSPS) is 12.7. The van der Waals surface area contributed by atoms with Crippen LogP contribution in [-0.2, 0) is 11.2 Å². The molecule has 0 saturated carbocycles. The SMILES string of the molecule is CC(=O)Nc1ccc2c3c(ccc2c1)Cc1ccccc1C3=O. The van der Waals surface area contributed by atoms with Crippen molar-refractivity contribution in [2.75, 3.05) is 5.32 Å². The zero-order chi connectivity index (χ0) is 16.0. The van der Waals surface area contributed by atoms with Crippen molar-refractivity contribution in [1.29, 1.82) is 0 Å². The maximum Gasteiger partial charge on any atom is 0.221 e. The quantitative estimate of drug-likeness (QED) is 0.579. The topological polar surface area (TPSA) is 46.2 Å². The van der Waals surface area contributed by atoms with E-state index in [0.717, 1.165) is 45.1 Å². The Morgan fingerprint density at radius 1 is 1.00 bits per heavy atom. The van der Waals surface area contributed by atoms with Crippen LogP contribution in [0, 0.1) is 0 Å². The summed E-state index contributed by atoms with van der Waals surface area (Å²) >= 11 is 0. The lowest BCUT2D eigenvalue weighted by Gasteiger charge is -2.20. The molecule has 0 bridgehead atoms. The number of hydrogen-bond acceptors (Lipinski definition) is 2. The molecule has 0 aromatic heterocycles. The minimum atomic E-state index is -0.104. The van der Waals surface area contributed by atoms with Gasteiger partial charge in [-0.25, -0.2) is 0 Å². The summed E-state index contributed by atoms with van der Waals surface area (Å²) in [7, 11) is 0. The van der Waals surface area contributed by atoms with Crippen molar-refractivity contribution < 1.29 is 9.59 Å². The highest BCUT2D eigenvalue weighted by Gasteiger charge is 2.24. The first kappa shape index (κ1) is 13.7. The Kier molecular flexibility index (Phi) is 3.01. The van der Waals surface area contributed by atoms with E-state index in [9.17, 15) is 9.59 Å². The Morgan fingerprint density at radius 2 is 1.83 bits per heavy atom. The zero-order valence-electron chi connectivity index (χ0n) is 12.7. The summed E-state index contributed by atoms with van der Waals surface area (Å²) < 4.78 is 0. The van der Waals surface area contributed by atoms with E-state index in [1.54, 1.807) is 0 Å². The highest BCUT2D eigenvalue weighted by Crippen LogP contribution is 2.33. The molecule has 0 atom stereocenters. The molecule has 0 saturated heterocycles. The van der Waals surface area contributed by atoms with E-state index in [1.165, 1.54) is 6.92 Å². The van der Waals surface area contributed by atoms with Gasteiger partial charge in [-0.3, -0.25) is 9.59 Å². The second-order valence-electron chi connectivity index (χ2n) is 5.88. The van der Waals surface area contributed by atoms with Gasteiger partial charge in [0.05, 0.1) is 0 Å². The lowest BCUT2D eigenvalue weighted by atomic mass is 9.82. The molecule has 23 heavy (non-hydrogen) atoms. The Labute approximate surface area is 133 Å². The Hall–Kier alpha value is -2.94. The van der Waals surface area contributed by atoms with Crippen LogP contribution in [0.3, 0.4) is 0 Å². The van der Waals surface area contributed by atoms with Crippen LogP contribution in [0.5, 0.6) is 0 Å². The van der Waals surface area contributed by atoms with Crippen LogP contribution in [0.2, 0.25) is 0 Å². The summed E-state index contributed by atoms with van der Waals surface area (Å²) in [4.78, 5) is 24.1. The number of ketones is 1. The molecule has 0 unspecified atom stereocenters. The van der Waals surface area contributed by atoms with Gasteiger partial charge in [-0.1, -0.05) is 42.5 Å². The summed E-state index contributed by atoms with van der Waals surface area (Å²) in [5.74, 6) is -0.0213. The van der Waals surface area contributed by atoms with Crippen molar-refractivity contribution in [1.82, 2.24) is 0 Å². The van der Waals surface area contributed by atoms with E-state index >= 15 is 0 Å². The molecule has 1 aliphatic rings. The van der Waals surface area contributed by atoms with Gasteiger partial charge in [0, 0.05) is 23.7 Å². The predicted molar refractivity (Wildman–Crippen MR) is 90.9 cm³/mol. The number of carbonyl (C=O) groups excluding carboxylic acids is 2. The van der Waals surface area contributed by atoms with Gasteiger partial charge in [0.1, 0.15) is 0 Å². The predicted octanol–water partition coefficient (Wildman–Crippen LogP) is 3.93. The molecule has 0 aliphatic heterocycles. The molecule has 0 fully saturated rings. The van der Waals surface area contributed by atoms with Gasteiger partial charge in [0.25, 0.3) is 0 Å². The molecule has 3 aromatic rings. The van der Waals surface area contributed by atoms with Gasteiger partial charge in [-0.05, 0) is 40.5 Å². The molecule has 4 rings (SSSR count). The molecule has 0 heterocycles. The summed E-state index contributed by atoms with van der Waals surface area (Å²) in [6.07, 6.45) is 0.778. The third-order valence-corrected chi connectivity index (χ3v) is 4.30. The van der Waals surface area contributed by atoms with Crippen LogP contribution >= 0.6 is 0 Å². The lowest BCUT2D eigenvalue weighted by molar-refractivity contribution is -0.114. The summed E-state index contributed by atoms with van der Waals surface area (Å²) in [5, 5.41) is 4.68. The third-order valence-electron chi connectivity index (χ3n) is 4.30. The van der Waals surface area contributed by atoms with Gasteiger partial charge in [-0.15, -0.1) is 0 Å². The molecule has 1 N–H and O–H groups in total. The first-order valence-corrected chi connectivity index (χ1v) is 7.59. The molecule has 3 heteroatoms. The van der Waals surface area contributed by atoms with Crippen molar-refractivity contribution in [2.45, 2.75) is 13.3 Å². The first-order chi connectivity index (χ1) is 11.1. The van der Waals surface area contributed by atoms with E-state index < -0.39 is 0 Å². The average molecular weight is 301 g/mol. The maximum absolute atomic E-state index is 12.9. The number of rotatable bonds is 1. The third kappa shape index (κ3) is 2.21. The van der Waals surface area contributed by atoms with E-state index in [-0.39, 0.29) is 11.7 Å². The standard InChI is InChI=1S/C20H15NO2/c1-12(22)21-16-8-9-17-14(11-16)6-7-15-10-13-4-2-3-5-18(13)20(23)19(15)17/h2-9,11H,10H2,1H3,(H,21,22). The molecule has 0 radical (unpaired) electrons. The molecular formula is C20H15NO2. The summed E-state index contributed by atoms with van der Waals surface area (Å²) in [6.45, 7) is 1.48. The van der Waals surface area contributed by atoms with Crippen molar-refractivity contribution in [3.8, 4) is 0 Å². The highest BCUT2D eigenvalue weighted by molar-refractivity contribution is 6.19. The monoisotopic (exact) mass is 301 g/mol. The fraction of sp³-hybridized carbons (Fsp3) is 0.100. The van der Waals surface area contributed by atoms with E-state index in [0.29, 0.717) is 0 Å². The van der Waals surface area contributed by atoms with E-state index in [4.69, 9.17) is 0 Å². The number of nitrogens with one attached hydrogen (secondary N) is 1. The molecule has 0 spiro atoms. The van der Waals surface area contributed by atoms with Crippen molar-refractivity contribution in [3.05, 3.63) is 76.9 Å². The van der Waals surface area contributed by atoms with Crippen LogP contribution in [0.15, 0.2) is 54.6 Å². The van der Waals surface area contributed by atoms with Crippen molar-refractivity contribution >= 4 is 28.2 Å². The molecule has 1 amide bonds. The summed E-state index contributed by atoms with van der Waals surface area (Å²) in [5.41, 5.74) is 4.47. The van der Waals surface area contributed by atoms with Crippen molar-refractivity contribution in [2.24, 2.45) is 0 Å². The maximum atomic E-state index is 12.9. The van der Waals surface area contributed by atoms with Crippen LogP contribution in [0.25, 0.3) is 10.8 Å². The van der Waals surface area contributed by atoms with Crippen LogP contribution in [0.4, 0.5) is 5.69 Å². The minimum absolute atomic E-state index is 0.0831. The second kappa shape index (κ2) is 5.06. The fourth-order valence-electron chi connectivity index (χ4n) is 3.31. The summed E-state index contributed by atoms with van der Waals surface area (Å²) in [6, 6.07) is 17.5. The molecule has 3 aromatic carbocycles. The van der Waals surface area contributed by atoms with Gasteiger partial charge in [0.15, 0.2) is 5.78 Å². The Balaban J connectivity index is 1.90. The number of benzene rings is 3. The van der Waals surface area contributed by atoms with Gasteiger partial charge in [0.2, 0.25) is 5.91 Å².